The van der Waals surface area contributed by atoms with Crippen LogP contribution in [0.5, 0.6) is 0 Å². The van der Waals surface area contributed by atoms with E-state index in [1.54, 1.807) is 30.1 Å². The number of anilines is 1. The van der Waals surface area contributed by atoms with E-state index in [9.17, 15) is 14.0 Å². The Hall–Kier alpha value is -4.59. The number of rotatable bonds is 7. The smallest absolute Gasteiger partial charge is 0.253 e. The number of amides is 2. The van der Waals surface area contributed by atoms with Gasteiger partial charge in [-0.15, -0.1) is 0 Å². The minimum atomic E-state index is -0.324. The van der Waals surface area contributed by atoms with Crippen LogP contribution in [0.4, 0.5) is 10.1 Å². The van der Waals surface area contributed by atoms with Crippen LogP contribution in [-0.4, -0.2) is 41.1 Å². The normalized spacial score (nSPS) is 14.7. The Labute approximate surface area is 226 Å². The molecule has 1 atom stereocenters. The Morgan fingerprint density at radius 2 is 1.79 bits per heavy atom. The molecule has 5 rings (SSSR count). The second kappa shape index (κ2) is 11.0. The molecule has 0 saturated carbocycles. The molecular formula is C31H30FN5O2. The van der Waals surface area contributed by atoms with Crippen LogP contribution in [0.3, 0.4) is 0 Å². The van der Waals surface area contributed by atoms with Gasteiger partial charge in [-0.05, 0) is 52.9 Å². The largest absolute Gasteiger partial charge is 0.360 e. The summed E-state index contributed by atoms with van der Waals surface area (Å²) in [5, 5.41) is 8.50. The SMILES string of the molecule is CC(C)C(=O)Nc1cc(C(=O)N(C)Cc2ccc(F)cc2)cc(C2CN=C(c3cc4ccccc4cn3)N2)c1. The van der Waals surface area contributed by atoms with Crippen LogP contribution in [0.15, 0.2) is 84.0 Å². The summed E-state index contributed by atoms with van der Waals surface area (Å²) in [4.78, 5) is 36.8. The number of hydrogen-bond acceptors (Lipinski definition) is 5. The highest BCUT2D eigenvalue weighted by Gasteiger charge is 2.24. The molecule has 2 N–H and O–H groups in total. The first-order chi connectivity index (χ1) is 18.8. The Balaban J connectivity index is 1.40. The number of fused-ring (bicyclic) bond motifs is 1. The van der Waals surface area contributed by atoms with Crippen molar-refractivity contribution in [3.8, 4) is 0 Å². The van der Waals surface area contributed by atoms with E-state index in [0.29, 0.717) is 30.2 Å². The standard InChI is InChI=1S/C31H30FN5O2/c1-19(2)30(38)35-26-13-23(12-24(14-26)31(39)37(3)18-20-8-10-25(32)11-9-20)28-17-34-29(36-28)27-15-21-6-4-5-7-22(21)16-33-27/h4-16,19,28H,17-18H2,1-3H3,(H,34,36)(H,35,38). The van der Waals surface area contributed by atoms with Crippen molar-refractivity contribution in [1.82, 2.24) is 15.2 Å². The van der Waals surface area contributed by atoms with Crippen molar-refractivity contribution in [2.75, 3.05) is 18.9 Å². The summed E-state index contributed by atoms with van der Waals surface area (Å²) in [7, 11) is 1.70. The third kappa shape index (κ3) is 5.95. The predicted molar refractivity (Wildman–Crippen MR) is 151 cm³/mol. The van der Waals surface area contributed by atoms with Crippen molar-refractivity contribution in [2.24, 2.45) is 10.9 Å². The third-order valence-corrected chi connectivity index (χ3v) is 6.69. The van der Waals surface area contributed by atoms with E-state index < -0.39 is 0 Å². The maximum atomic E-state index is 13.4. The predicted octanol–water partition coefficient (Wildman–Crippen LogP) is 5.33. The van der Waals surface area contributed by atoms with Crippen LogP contribution in [0, 0.1) is 11.7 Å². The Bertz CT molecular complexity index is 1570. The van der Waals surface area contributed by atoms with E-state index in [1.165, 1.54) is 12.1 Å². The second-order valence-corrected chi connectivity index (χ2v) is 10.1. The van der Waals surface area contributed by atoms with Gasteiger partial charge in [-0.1, -0.05) is 50.2 Å². The minimum Gasteiger partial charge on any atom is -0.360 e. The molecule has 198 valence electrons. The van der Waals surface area contributed by atoms with Crippen molar-refractivity contribution < 1.29 is 14.0 Å². The van der Waals surface area contributed by atoms with E-state index in [2.05, 4.69) is 15.6 Å². The number of hydrogen-bond donors (Lipinski definition) is 2. The molecule has 0 radical (unpaired) electrons. The average Bonchev–Trinajstić information content (AvgIpc) is 3.44. The van der Waals surface area contributed by atoms with Gasteiger partial charge in [-0.3, -0.25) is 19.6 Å². The summed E-state index contributed by atoms with van der Waals surface area (Å²) in [6.07, 6.45) is 1.83. The molecule has 8 heteroatoms. The zero-order valence-corrected chi connectivity index (χ0v) is 22.1. The first kappa shape index (κ1) is 26.0. The topological polar surface area (TPSA) is 86.7 Å². The van der Waals surface area contributed by atoms with E-state index >= 15 is 0 Å². The van der Waals surface area contributed by atoms with Gasteiger partial charge in [-0.25, -0.2) is 4.39 Å². The first-order valence-electron chi connectivity index (χ1n) is 12.9. The summed E-state index contributed by atoms with van der Waals surface area (Å²) in [6.45, 7) is 4.41. The number of nitrogens with one attached hydrogen (secondary N) is 2. The van der Waals surface area contributed by atoms with Crippen molar-refractivity contribution in [3.63, 3.8) is 0 Å². The lowest BCUT2D eigenvalue weighted by Gasteiger charge is -2.20. The quantitative estimate of drug-likeness (QED) is 0.343. The number of benzene rings is 3. The Morgan fingerprint density at radius 1 is 1.05 bits per heavy atom. The van der Waals surface area contributed by atoms with Gasteiger partial charge in [0.1, 0.15) is 17.3 Å². The van der Waals surface area contributed by atoms with Crippen LogP contribution >= 0.6 is 0 Å². The summed E-state index contributed by atoms with van der Waals surface area (Å²) in [5.41, 5.74) is 3.37. The number of aromatic nitrogens is 1. The number of nitrogens with zero attached hydrogens (tertiary/aromatic N) is 3. The fraction of sp³-hybridized carbons (Fsp3) is 0.226. The average molecular weight is 524 g/mol. The molecule has 2 amide bonds. The lowest BCUT2D eigenvalue weighted by atomic mass is 10.0. The lowest BCUT2D eigenvalue weighted by Crippen LogP contribution is -2.28. The zero-order chi connectivity index (χ0) is 27.5. The van der Waals surface area contributed by atoms with E-state index in [4.69, 9.17) is 4.99 Å². The molecule has 1 unspecified atom stereocenters. The first-order valence-corrected chi connectivity index (χ1v) is 12.9. The number of carbonyl (C=O) groups is 2. The maximum absolute atomic E-state index is 13.4. The van der Waals surface area contributed by atoms with E-state index in [0.717, 1.165) is 27.6 Å². The molecule has 0 fully saturated rings. The molecule has 0 aliphatic carbocycles. The molecule has 39 heavy (non-hydrogen) atoms. The number of carbonyl (C=O) groups excluding carboxylic acids is 2. The van der Waals surface area contributed by atoms with Crippen LogP contribution < -0.4 is 10.6 Å². The molecule has 0 bridgehead atoms. The molecule has 7 nitrogen and oxygen atoms in total. The minimum absolute atomic E-state index is 0.137. The summed E-state index contributed by atoms with van der Waals surface area (Å²) >= 11 is 0. The fourth-order valence-corrected chi connectivity index (χ4v) is 4.49. The summed E-state index contributed by atoms with van der Waals surface area (Å²) in [5.74, 6) is -0.204. The van der Waals surface area contributed by atoms with Gasteiger partial charge in [0.15, 0.2) is 0 Å². The van der Waals surface area contributed by atoms with Crippen LogP contribution in [-0.2, 0) is 11.3 Å². The number of halogens is 1. The number of aliphatic imine (C=N–C) groups is 1. The van der Waals surface area contributed by atoms with Crippen LogP contribution in [0.1, 0.15) is 47.1 Å². The molecule has 1 aliphatic heterocycles. The molecule has 4 aromatic rings. The van der Waals surface area contributed by atoms with Crippen molar-refractivity contribution in [2.45, 2.75) is 26.4 Å². The van der Waals surface area contributed by atoms with Gasteiger partial charge < -0.3 is 15.5 Å². The summed E-state index contributed by atoms with van der Waals surface area (Å²) < 4.78 is 13.3. The zero-order valence-electron chi connectivity index (χ0n) is 22.1. The van der Waals surface area contributed by atoms with Gasteiger partial charge in [0.05, 0.1) is 12.6 Å². The van der Waals surface area contributed by atoms with Crippen LogP contribution in [0.2, 0.25) is 0 Å². The fourth-order valence-electron chi connectivity index (χ4n) is 4.49. The Kier molecular flexibility index (Phi) is 7.36. The molecule has 3 aromatic carbocycles. The van der Waals surface area contributed by atoms with Gasteiger partial charge in [0, 0.05) is 42.3 Å². The van der Waals surface area contributed by atoms with Gasteiger partial charge in [0.2, 0.25) is 5.91 Å². The highest BCUT2D eigenvalue weighted by molar-refractivity contribution is 6.01. The molecule has 0 saturated heterocycles. The van der Waals surface area contributed by atoms with Crippen LogP contribution in [0.25, 0.3) is 10.8 Å². The maximum Gasteiger partial charge on any atom is 0.253 e. The van der Waals surface area contributed by atoms with Gasteiger partial charge in [0.25, 0.3) is 5.91 Å². The Morgan fingerprint density at radius 3 is 2.54 bits per heavy atom. The third-order valence-electron chi connectivity index (χ3n) is 6.69. The molecule has 2 heterocycles. The molecule has 0 spiro atoms. The van der Waals surface area contributed by atoms with Crippen molar-refractivity contribution in [1.29, 1.82) is 0 Å². The lowest BCUT2D eigenvalue weighted by molar-refractivity contribution is -0.118. The highest BCUT2D eigenvalue weighted by atomic mass is 19.1. The number of pyridine rings is 1. The second-order valence-electron chi connectivity index (χ2n) is 10.1. The summed E-state index contributed by atoms with van der Waals surface area (Å²) in [6, 6.07) is 21.3. The van der Waals surface area contributed by atoms with Gasteiger partial charge in [-0.2, -0.15) is 0 Å². The highest BCUT2D eigenvalue weighted by Crippen LogP contribution is 2.26. The van der Waals surface area contributed by atoms with E-state index in [1.807, 2.05) is 62.5 Å². The van der Waals surface area contributed by atoms with Gasteiger partial charge >= 0.3 is 0 Å². The monoisotopic (exact) mass is 523 g/mol. The van der Waals surface area contributed by atoms with E-state index in [-0.39, 0.29) is 29.6 Å². The molecule has 1 aromatic heterocycles. The number of amidine groups is 1. The van der Waals surface area contributed by atoms with Crippen molar-refractivity contribution in [3.05, 3.63) is 107 Å². The van der Waals surface area contributed by atoms with Crippen molar-refractivity contribution >= 4 is 34.1 Å². The molecule has 1 aliphatic rings. The molecular weight excluding hydrogens is 493 g/mol.